The molecule has 8 heteroatoms. The Kier molecular flexibility index (Phi) is 9.18. The van der Waals surface area contributed by atoms with Gasteiger partial charge in [-0.15, -0.1) is 0 Å². The van der Waals surface area contributed by atoms with Crippen molar-refractivity contribution >= 4 is 45.1 Å². The van der Waals surface area contributed by atoms with E-state index in [0.29, 0.717) is 6.26 Å². The first-order chi connectivity index (χ1) is 15.9. The van der Waals surface area contributed by atoms with Gasteiger partial charge in [0.05, 0.1) is 10.1 Å². The van der Waals surface area contributed by atoms with E-state index < -0.39 is 10.1 Å². The third-order valence-corrected chi connectivity index (χ3v) is 5.86. The lowest BCUT2D eigenvalue weighted by Gasteiger charge is -2.12. The fraction of sp³-hybridized carbons (Fsp3) is 0.385. The molecular formula is C26H35N3O4S. The van der Waals surface area contributed by atoms with Gasteiger partial charge in [0, 0.05) is 78.7 Å². The number of rotatable bonds is 7. The van der Waals surface area contributed by atoms with Crippen LogP contribution >= 0.6 is 0 Å². The van der Waals surface area contributed by atoms with E-state index in [9.17, 15) is 4.79 Å². The number of aldehydes is 1. The Labute approximate surface area is 203 Å². The maximum Gasteiger partial charge on any atom is 0.212 e. The van der Waals surface area contributed by atoms with Crippen LogP contribution in [-0.2, 0) is 23.7 Å². The fourth-order valence-corrected chi connectivity index (χ4v) is 3.96. The number of unbranched alkanes of at least 4 members (excludes halogenated alkanes) is 1. The van der Waals surface area contributed by atoms with Gasteiger partial charge in [0.25, 0.3) is 0 Å². The molecule has 0 saturated carbocycles. The van der Waals surface area contributed by atoms with Crippen molar-refractivity contribution in [2.24, 2.45) is 7.05 Å². The van der Waals surface area contributed by atoms with Gasteiger partial charge in [0.2, 0.25) is 11.2 Å². The van der Waals surface area contributed by atoms with E-state index in [2.05, 4.69) is 91.5 Å². The zero-order chi connectivity index (χ0) is 25.6. The van der Waals surface area contributed by atoms with Gasteiger partial charge in [-0.05, 0) is 44.5 Å². The molecule has 184 valence electrons. The average molecular weight is 486 g/mol. The summed E-state index contributed by atoms with van der Waals surface area (Å²) in [4.78, 5) is 13.9. The van der Waals surface area contributed by atoms with Gasteiger partial charge < -0.3 is 14.0 Å². The normalized spacial score (nSPS) is 11.5. The maximum atomic E-state index is 11.8. The lowest BCUT2D eigenvalue weighted by atomic mass is 10.1. The lowest BCUT2D eigenvalue weighted by molar-refractivity contribution is -0.646. The van der Waals surface area contributed by atoms with Crippen LogP contribution < -0.4 is 9.47 Å². The van der Waals surface area contributed by atoms with Crippen LogP contribution in [0.15, 0.2) is 30.3 Å². The van der Waals surface area contributed by atoms with Crippen LogP contribution in [0.2, 0.25) is 0 Å². The second-order valence-corrected chi connectivity index (χ2v) is 10.0. The third-order valence-electron chi connectivity index (χ3n) is 5.86. The molecule has 0 aliphatic carbocycles. The van der Waals surface area contributed by atoms with Crippen LogP contribution in [0.25, 0.3) is 23.1 Å². The van der Waals surface area contributed by atoms with E-state index in [-0.39, 0.29) is 0 Å². The number of carbonyl (C=O) groups is 1. The predicted molar refractivity (Wildman–Crippen MR) is 138 cm³/mol. The highest BCUT2D eigenvalue weighted by Gasteiger charge is 2.16. The van der Waals surface area contributed by atoms with Gasteiger partial charge in [0.1, 0.15) is 7.05 Å². The monoisotopic (exact) mass is 485 g/mol. The summed E-state index contributed by atoms with van der Waals surface area (Å²) < 4.78 is 31.7. The highest BCUT2D eigenvalue weighted by molar-refractivity contribution is 7.84. The number of fused-ring (bicyclic) bond motifs is 1. The zero-order valence-electron chi connectivity index (χ0n) is 21.1. The maximum absolute atomic E-state index is 11.8. The first-order valence-corrected chi connectivity index (χ1v) is 13.0. The first kappa shape index (κ1) is 27.3. The first-order valence-electron chi connectivity index (χ1n) is 11.2. The molecule has 0 spiro atoms. The summed E-state index contributed by atoms with van der Waals surface area (Å²) in [5.41, 5.74) is 7.52. The van der Waals surface area contributed by atoms with Crippen molar-refractivity contribution in [3.63, 3.8) is 0 Å². The van der Waals surface area contributed by atoms with E-state index in [1.54, 1.807) is 0 Å². The Morgan fingerprint density at radius 3 is 2.24 bits per heavy atom. The molecule has 0 aliphatic rings. The summed E-state index contributed by atoms with van der Waals surface area (Å²) in [5, 5.41) is 1.21. The van der Waals surface area contributed by atoms with Gasteiger partial charge in [-0.25, -0.2) is 8.42 Å². The van der Waals surface area contributed by atoms with Crippen molar-refractivity contribution in [2.45, 2.75) is 40.2 Å². The number of hydrogen-bond donors (Lipinski definition) is 0. The Morgan fingerprint density at radius 2 is 1.68 bits per heavy atom. The van der Waals surface area contributed by atoms with Crippen molar-refractivity contribution in [2.75, 3.05) is 25.3 Å². The summed E-state index contributed by atoms with van der Waals surface area (Å²) in [6.45, 7) is 7.30. The van der Waals surface area contributed by atoms with Crippen LogP contribution in [0.5, 0.6) is 0 Å². The predicted octanol–water partition coefficient (Wildman–Crippen LogP) is 4.09. The van der Waals surface area contributed by atoms with E-state index in [4.69, 9.17) is 13.0 Å². The Bertz CT molecular complexity index is 1300. The topological polar surface area (TPSA) is 86.3 Å². The Morgan fingerprint density at radius 1 is 1.06 bits per heavy atom. The molecule has 2 heterocycles. The quantitative estimate of drug-likeness (QED) is 0.286. The van der Waals surface area contributed by atoms with Crippen LogP contribution in [0.3, 0.4) is 0 Å². The van der Waals surface area contributed by atoms with Crippen molar-refractivity contribution in [1.82, 2.24) is 4.57 Å². The summed E-state index contributed by atoms with van der Waals surface area (Å²) >= 11 is 0. The smallest absolute Gasteiger partial charge is 0.212 e. The van der Waals surface area contributed by atoms with Crippen LogP contribution in [0, 0.1) is 13.8 Å². The second-order valence-electron chi connectivity index (χ2n) is 8.61. The van der Waals surface area contributed by atoms with Crippen LogP contribution in [0.4, 0.5) is 5.69 Å². The minimum atomic E-state index is -3.92. The van der Waals surface area contributed by atoms with Crippen LogP contribution in [0.1, 0.15) is 52.8 Å². The van der Waals surface area contributed by atoms with Gasteiger partial charge >= 0.3 is 0 Å². The number of anilines is 1. The zero-order valence-corrected chi connectivity index (χ0v) is 21.9. The molecule has 0 N–H and O–H groups in total. The minimum Gasteiger partial charge on any atom is -0.748 e. The largest absolute Gasteiger partial charge is 0.748 e. The second kappa shape index (κ2) is 11.4. The molecule has 0 radical (unpaired) electrons. The van der Waals surface area contributed by atoms with Crippen molar-refractivity contribution in [1.29, 1.82) is 0 Å². The third kappa shape index (κ3) is 6.77. The highest BCUT2D eigenvalue weighted by Crippen LogP contribution is 2.24. The highest BCUT2D eigenvalue weighted by atomic mass is 32.2. The van der Waals surface area contributed by atoms with E-state index in [1.165, 1.54) is 16.6 Å². The minimum absolute atomic E-state index is 0.604. The molecule has 3 rings (SSSR count). The summed E-state index contributed by atoms with van der Waals surface area (Å²) in [6, 6.07) is 10.8. The number of benzene rings is 1. The Balaban J connectivity index is 0.000000739. The van der Waals surface area contributed by atoms with E-state index >= 15 is 0 Å². The molecule has 0 atom stereocenters. The molecule has 1 aromatic carbocycles. The van der Waals surface area contributed by atoms with Crippen LogP contribution in [-0.4, -0.2) is 44.2 Å². The molecule has 34 heavy (non-hydrogen) atoms. The summed E-state index contributed by atoms with van der Waals surface area (Å²) in [6.07, 6.45) is 8.05. The molecule has 0 saturated heterocycles. The molecule has 0 amide bonds. The molecule has 2 aromatic heterocycles. The SMILES string of the molecule is CCCCn1c(C)c(C=O)c(/C=C/c2ccc3cc(N(C)C)ccc3[n+]2C)c1C.CS(=O)(=O)[O-]. The van der Waals surface area contributed by atoms with E-state index in [0.717, 1.165) is 53.9 Å². The lowest BCUT2D eigenvalue weighted by Crippen LogP contribution is -2.32. The number of aromatic nitrogens is 2. The van der Waals surface area contributed by atoms with Crippen molar-refractivity contribution in [3.05, 3.63) is 58.5 Å². The molecule has 0 fully saturated rings. The van der Waals surface area contributed by atoms with Gasteiger partial charge in [-0.1, -0.05) is 13.3 Å². The molecular weight excluding hydrogens is 450 g/mol. The molecule has 3 aromatic rings. The van der Waals surface area contributed by atoms with Crippen molar-refractivity contribution < 1.29 is 22.3 Å². The standard InChI is InChI=1S/C25H32N3O.CH4O3S/c1-7-8-15-28-18(2)23(24(17-29)19(28)3)13-11-21-10-9-20-16-22(26(4)5)12-14-25(20)27(21)6;1-5(2,3)4/h9-14,16-17H,7-8,15H2,1-6H3;1H3,(H,2,3,4)/q+1;/p-1. The van der Waals surface area contributed by atoms with Gasteiger partial charge in [-0.2, -0.15) is 4.57 Å². The van der Waals surface area contributed by atoms with Gasteiger partial charge in [-0.3, -0.25) is 4.79 Å². The number of hydrogen-bond acceptors (Lipinski definition) is 5. The van der Waals surface area contributed by atoms with Gasteiger partial charge in [0.15, 0.2) is 6.29 Å². The molecule has 0 bridgehead atoms. The Hall–Kier alpha value is -2.97. The molecule has 0 aliphatic heterocycles. The van der Waals surface area contributed by atoms with Crippen molar-refractivity contribution in [3.8, 4) is 0 Å². The molecule has 0 unspecified atom stereocenters. The number of nitrogens with zero attached hydrogens (tertiary/aromatic N) is 3. The summed E-state index contributed by atoms with van der Waals surface area (Å²) in [7, 11) is 2.28. The number of pyridine rings is 1. The van der Waals surface area contributed by atoms with E-state index in [1.807, 2.05) is 6.92 Å². The fourth-order valence-electron chi connectivity index (χ4n) is 3.96. The number of aryl methyl sites for hydroxylation is 1. The number of carbonyl (C=O) groups excluding carboxylic acids is 1. The molecule has 7 nitrogen and oxygen atoms in total. The summed E-state index contributed by atoms with van der Waals surface area (Å²) in [5.74, 6) is 0. The average Bonchev–Trinajstić information content (AvgIpc) is 2.98.